The molecule has 176 valence electrons. The van der Waals surface area contributed by atoms with E-state index in [9.17, 15) is 13.2 Å². The van der Waals surface area contributed by atoms with Crippen LogP contribution in [0, 0.1) is 6.92 Å². The summed E-state index contributed by atoms with van der Waals surface area (Å²) in [5.41, 5.74) is 10.1. The number of Topliss-reactive ketones (excluding diaryl/α,β-unsaturated/α-hetero) is 1. The quantitative estimate of drug-likeness (QED) is 0.485. The molecule has 11 heteroatoms. The van der Waals surface area contributed by atoms with Crippen LogP contribution in [-0.2, 0) is 23.0 Å². The molecule has 0 fully saturated rings. The Labute approximate surface area is 197 Å². The van der Waals surface area contributed by atoms with Gasteiger partial charge in [0.15, 0.2) is 27.9 Å². The number of carbonyl (C=O) groups is 1. The van der Waals surface area contributed by atoms with Gasteiger partial charge in [-0.05, 0) is 57.7 Å². The summed E-state index contributed by atoms with van der Waals surface area (Å²) in [5.74, 6) is 0.455. The van der Waals surface area contributed by atoms with Crippen LogP contribution in [0.15, 0.2) is 28.5 Å². The predicted molar refractivity (Wildman–Crippen MR) is 129 cm³/mol. The normalized spacial score (nSPS) is 14.2. The fourth-order valence-corrected chi connectivity index (χ4v) is 5.54. The number of fused-ring (bicyclic) bond motifs is 2. The zero-order chi connectivity index (χ0) is 24.0. The molecule has 1 aliphatic carbocycles. The van der Waals surface area contributed by atoms with Crippen LogP contribution in [0.1, 0.15) is 55.1 Å². The monoisotopic (exact) mass is 488 g/mol. The van der Waals surface area contributed by atoms with E-state index < -0.39 is 14.8 Å². The molecule has 0 unspecified atom stereocenters. The van der Waals surface area contributed by atoms with Crippen molar-refractivity contribution in [3.8, 4) is 0 Å². The molecule has 0 saturated carbocycles. The molecule has 0 radical (unpaired) electrons. The number of imidazole rings is 1. The zero-order valence-electron chi connectivity index (χ0n) is 19.2. The van der Waals surface area contributed by atoms with Crippen LogP contribution in [0.3, 0.4) is 0 Å². The predicted octanol–water partition coefficient (Wildman–Crippen LogP) is 3.11. The summed E-state index contributed by atoms with van der Waals surface area (Å²) in [4.78, 5) is 26.3. The number of hydrogen-bond acceptors (Lipinski definition) is 8. The van der Waals surface area contributed by atoms with Crippen molar-refractivity contribution in [2.45, 2.75) is 68.3 Å². The number of nitrogen functional groups attached to an aromatic ring is 1. The largest absolute Gasteiger partial charge is 0.382 e. The molecule has 0 spiro atoms. The van der Waals surface area contributed by atoms with Gasteiger partial charge in [-0.1, -0.05) is 17.8 Å². The molecule has 0 saturated heterocycles. The van der Waals surface area contributed by atoms with E-state index in [-0.39, 0.29) is 18.1 Å². The average molecular weight is 489 g/mol. The highest BCUT2D eigenvalue weighted by atomic mass is 32.2. The van der Waals surface area contributed by atoms with Crippen molar-refractivity contribution in [2.75, 3.05) is 12.3 Å². The first-order valence-electron chi connectivity index (χ1n) is 10.8. The number of hydrogen-bond donors (Lipinski definition) is 2. The highest BCUT2D eigenvalue weighted by Crippen LogP contribution is 2.36. The number of rotatable bonds is 7. The van der Waals surface area contributed by atoms with E-state index in [4.69, 9.17) is 5.73 Å². The standard InChI is InChI=1S/C22H28N6O3S2/c1-13-10-14-6-7-16(29)15(14)11-17(13)32-21-27-18-19(23)24-12-25-20(18)28(21)9-5-8-26-33(30,31)22(2,3)4/h10-12,26H,5-9H2,1-4H3,(H2,23,24,25). The van der Waals surface area contributed by atoms with Gasteiger partial charge in [-0.25, -0.2) is 28.1 Å². The van der Waals surface area contributed by atoms with Crippen molar-refractivity contribution in [3.05, 3.63) is 35.2 Å². The van der Waals surface area contributed by atoms with Gasteiger partial charge in [0.25, 0.3) is 0 Å². The van der Waals surface area contributed by atoms with Gasteiger partial charge in [0.05, 0.1) is 4.75 Å². The number of sulfonamides is 1. The van der Waals surface area contributed by atoms with E-state index in [0.29, 0.717) is 35.7 Å². The maximum Gasteiger partial charge on any atom is 0.216 e. The molecule has 4 rings (SSSR count). The van der Waals surface area contributed by atoms with Crippen molar-refractivity contribution in [1.82, 2.24) is 24.2 Å². The highest BCUT2D eigenvalue weighted by molar-refractivity contribution is 7.99. The van der Waals surface area contributed by atoms with Crippen molar-refractivity contribution in [2.24, 2.45) is 0 Å². The number of nitrogens with one attached hydrogen (secondary N) is 1. The molecule has 0 amide bonds. The van der Waals surface area contributed by atoms with Crippen LogP contribution >= 0.6 is 11.8 Å². The maximum absolute atomic E-state index is 12.3. The summed E-state index contributed by atoms with van der Waals surface area (Å²) < 4.78 is 28.4. The van der Waals surface area contributed by atoms with Gasteiger partial charge >= 0.3 is 0 Å². The Balaban J connectivity index is 1.62. The second kappa shape index (κ2) is 8.69. The van der Waals surface area contributed by atoms with E-state index >= 15 is 0 Å². The number of anilines is 1. The average Bonchev–Trinajstić information content (AvgIpc) is 3.26. The Morgan fingerprint density at radius 1 is 1.21 bits per heavy atom. The molecule has 0 aliphatic heterocycles. The lowest BCUT2D eigenvalue weighted by molar-refractivity contribution is 0.0994. The summed E-state index contributed by atoms with van der Waals surface area (Å²) in [7, 11) is -3.42. The van der Waals surface area contributed by atoms with E-state index in [1.54, 1.807) is 20.8 Å². The minimum atomic E-state index is -3.42. The molecule has 1 aliphatic rings. The zero-order valence-corrected chi connectivity index (χ0v) is 20.8. The van der Waals surface area contributed by atoms with Crippen molar-refractivity contribution < 1.29 is 13.2 Å². The van der Waals surface area contributed by atoms with Crippen LogP contribution in [-0.4, -0.2) is 45.0 Å². The fraction of sp³-hybridized carbons (Fsp3) is 0.455. The van der Waals surface area contributed by atoms with Crippen LogP contribution in [0.4, 0.5) is 5.82 Å². The van der Waals surface area contributed by atoms with Crippen LogP contribution in [0.5, 0.6) is 0 Å². The topological polar surface area (TPSA) is 133 Å². The Morgan fingerprint density at radius 3 is 2.70 bits per heavy atom. The van der Waals surface area contributed by atoms with E-state index in [1.807, 2.05) is 17.6 Å². The van der Waals surface area contributed by atoms with E-state index in [0.717, 1.165) is 28.0 Å². The minimum absolute atomic E-state index is 0.168. The molecular formula is C22H28N6O3S2. The Hall–Kier alpha value is -2.50. The van der Waals surface area contributed by atoms with Crippen molar-refractivity contribution >= 4 is 44.6 Å². The third kappa shape index (κ3) is 4.62. The summed E-state index contributed by atoms with van der Waals surface area (Å²) in [6.45, 7) is 7.79. The third-order valence-electron chi connectivity index (χ3n) is 5.71. The Bertz CT molecular complexity index is 1340. The molecule has 3 aromatic rings. The summed E-state index contributed by atoms with van der Waals surface area (Å²) in [5, 5.41) is 0.671. The van der Waals surface area contributed by atoms with Crippen LogP contribution in [0.2, 0.25) is 0 Å². The van der Waals surface area contributed by atoms with Gasteiger partial charge in [0.2, 0.25) is 10.0 Å². The van der Waals surface area contributed by atoms with Gasteiger partial charge in [-0.3, -0.25) is 4.79 Å². The van der Waals surface area contributed by atoms with Gasteiger partial charge in [-0.15, -0.1) is 0 Å². The molecule has 9 nitrogen and oxygen atoms in total. The molecule has 0 atom stereocenters. The van der Waals surface area contributed by atoms with Gasteiger partial charge in [-0.2, -0.15) is 0 Å². The first-order valence-corrected chi connectivity index (χ1v) is 13.1. The molecule has 2 heterocycles. The number of benzene rings is 1. The molecule has 3 N–H and O–H groups in total. The molecular weight excluding hydrogens is 460 g/mol. The first-order chi connectivity index (χ1) is 15.5. The third-order valence-corrected chi connectivity index (χ3v) is 9.06. The van der Waals surface area contributed by atoms with Gasteiger partial charge in [0.1, 0.15) is 6.33 Å². The maximum atomic E-state index is 12.3. The molecule has 1 aromatic carbocycles. The lowest BCUT2D eigenvalue weighted by Crippen LogP contribution is -2.39. The number of nitrogens with two attached hydrogens (primary N) is 1. The fourth-order valence-electron chi connectivity index (χ4n) is 3.68. The SMILES string of the molecule is Cc1cc2c(cc1Sc1nc3c(N)ncnc3n1CCCNS(=O)(=O)C(C)(C)C)C(=O)CC2. The van der Waals surface area contributed by atoms with Crippen LogP contribution < -0.4 is 10.5 Å². The minimum Gasteiger partial charge on any atom is -0.382 e. The number of aryl methyl sites for hydroxylation is 3. The van der Waals surface area contributed by atoms with E-state index in [2.05, 4.69) is 25.7 Å². The second-order valence-corrected chi connectivity index (χ2v) is 12.7. The number of ketones is 1. The number of aromatic nitrogens is 4. The van der Waals surface area contributed by atoms with Crippen molar-refractivity contribution in [1.29, 1.82) is 0 Å². The lowest BCUT2D eigenvalue weighted by Gasteiger charge is -2.19. The van der Waals surface area contributed by atoms with E-state index in [1.165, 1.54) is 18.1 Å². The number of carbonyl (C=O) groups excluding carboxylic acids is 1. The highest BCUT2D eigenvalue weighted by Gasteiger charge is 2.28. The second-order valence-electron chi connectivity index (χ2n) is 9.14. The molecule has 0 bridgehead atoms. The summed E-state index contributed by atoms with van der Waals surface area (Å²) >= 11 is 1.45. The molecule has 33 heavy (non-hydrogen) atoms. The Morgan fingerprint density at radius 2 is 1.97 bits per heavy atom. The van der Waals surface area contributed by atoms with Crippen LogP contribution in [0.25, 0.3) is 11.2 Å². The van der Waals surface area contributed by atoms with Gasteiger partial charge < -0.3 is 10.3 Å². The molecule has 2 aromatic heterocycles. The lowest BCUT2D eigenvalue weighted by atomic mass is 10.1. The van der Waals surface area contributed by atoms with Gasteiger partial charge in [0, 0.05) is 30.0 Å². The Kier molecular flexibility index (Phi) is 6.23. The van der Waals surface area contributed by atoms with Crippen molar-refractivity contribution in [3.63, 3.8) is 0 Å². The summed E-state index contributed by atoms with van der Waals surface area (Å²) in [6.07, 6.45) is 3.28. The number of nitrogens with zero attached hydrogens (tertiary/aromatic N) is 4. The first kappa shape index (κ1) is 23.7. The smallest absolute Gasteiger partial charge is 0.216 e. The summed E-state index contributed by atoms with van der Waals surface area (Å²) in [6, 6.07) is 4.02.